The van der Waals surface area contributed by atoms with Gasteiger partial charge in [-0.3, -0.25) is 9.59 Å². The van der Waals surface area contributed by atoms with Crippen LogP contribution in [0.25, 0.3) is 16.3 Å². The van der Waals surface area contributed by atoms with Crippen LogP contribution in [0, 0.1) is 0 Å². The highest BCUT2D eigenvalue weighted by molar-refractivity contribution is 7.08. The van der Waals surface area contributed by atoms with Crippen LogP contribution in [0.3, 0.4) is 0 Å². The SMILES string of the molecule is C=CCOC(=O)N1c2cc(OC[C@@H](O)CC(=O)N3C[C@@H](CCl)c4c3cc(O)c3ccccc43)c(OC)cc2C(=O)N2CC=C(c3ccsc3)C[C@H]2C1O. The van der Waals surface area contributed by atoms with E-state index in [1.165, 1.54) is 46.5 Å². The number of carbonyl (C=O) groups is 3. The summed E-state index contributed by atoms with van der Waals surface area (Å²) in [6.45, 7) is 3.59. The number of nitrogens with zero attached hydrogens (tertiary/aromatic N) is 3. The number of alkyl halides is 1. The number of amides is 3. The van der Waals surface area contributed by atoms with Gasteiger partial charge in [-0.1, -0.05) is 43.0 Å². The van der Waals surface area contributed by atoms with E-state index in [1.807, 2.05) is 47.2 Å². The van der Waals surface area contributed by atoms with Crippen molar-refractivity contribution in [1.29, 1.82) is 0 Å². The van der Waals surface area contributed by atoms with Crippen LogP contribution in [0.15, 0.2) is 78.0 Å². The van der Waals surface area contributed by atoms with Crippen molar-refractivity contribution in [2.45, 2.75) is 37.1 Å². The van der Waals surface area contributed by atoms with E-state index in [4.69, 9.17) is 25.8 Å². The van der Waals surface area contributed by atoms with E-state index in [2.05, 4.69) is 6.58 Å². The maximum atomic E-state index is 14.1. The maximum absolute atomic E-state index is 14.1. The highest BCUT2D eigenvalue weighted by atomic mass is 35.5. The molecular formula is C39H38ClN3O9S. The number of methoxy groups -OCH3 is 1. The number of thiophene rings is 1. The van der Waals surface area contributed by atoms with Crippen molar-refractivity contribution < 1.29 is 43.9 Å². The molecule has 276 valence electrons. The number of ether oxygens (including phenoxy) is 3. The largest absolute Gasteiger partial charge is 0.507 e. The van der Waals surface area contributed by atoms with Gasteiger partial charge < -0.3 is 39.3 Å². The molecule has 0 aliphatic carbocycles. The second-order valence-electron chi connectivity index (χ2n) is 13.0. The zero-order valence-corrected chi connectivity index (χ0v) is 30.4. The number of rotatable bonds is 10. The van der Waals surface area contributed by atoms with Gasteiger partial charge in [-0.05, 0) is 51.4 Å². The Bertz CT molecular complexity index is 2110. The second-order valence-corrected chi connectivity index (χ2v) is 14.1. The Hall–Kier alpha value is -5.08. The summed E-state index contributed by atoms with van der Waals surface area (Å²) in [4.78, 5) is 45.3. The molecule has 0 radical (unpaired) electrons. The normalized spacial score (nSPS) is 19.8. The lowest BCUT2D eigenvalue weighted by Crippen LogP contribution is -2.54. The Morgan fingerprint density at radius 2 is 1.92 bits per heavy atom. The van der Waals surface area contributed by atoms with Gasteiger partial charge >= 0.3 is 6.09 Å². The number of fused-ring (bicyclic) bond motifs is 5. The Kier molecular flexibility index (Phi) is 10.3. The van der Waals surface area contributed by atoms with Gasteiger partial charge in [0, 0.05) is 42.4 Å². The van der Waals surface area contributed by atoms with Crippen molar-refractivity contribution >= 4 is 68.6 Å². The first kappa shape index (κ1) is 36.3. The zero-order chi connectivity index (χ0) is 37.4. The van der Waals surface area contributed by atoms with Gasteiger partial charge in [0.1, 0.15) is 19.0 Å². The summed E-state index contributed by atoms with van der Waals surface area (Å²) in [5.41, 5.74) is 3.42. The molecular weight excluding hydrogens is 722 g/mol. The summed E-state index contributed by atoms with van der Waals surface area (Å²) in [7, 11) is 1.39. The number of hydrogen-bond donors (Lipinski definition) is 3. The van der Waals surface area contributed by atoms with Crippen molar-refractivity contribution in [3.05, 3.63) is 94.7 Å². The molecule has 4 atom stereocenters. The fraction of sp³-hybridized carbons (Fsp3) is 0.308. The summed E-state index contributed by atoms with van der Waals surface area (Å²) < 4.78 is 17.0. The van der Waals surface area contributed by atoms with E-state index in [9.17, 15) is 29.7 Å². The number of aliphatic hydroxyl groups is 2. The Balaban J connectivity index is 1.14. The van der Waals surface area contributed by atoms with E-state index in [0.717, 1.165) is 27.0 Å². The number of phenols is 1. The molecule has 4 aromatic rings. The third kappa shape index (κ3) is 6.69. The molecule has 1 aromatic heterocycles. The lowest BCUT2D eigenvalue weighted by molar-refractivity contribution is -0.120. The third-order valence-corrected chi connectivity index (χ3v) is 10.9. The number of halogens is 1. The number of benzene rings is 3. The molecule has 3 N–H and O–H groups in total. The van der Waals surface area contributed by atoms with Crippen LogP contribution in [0.2, 0.25) is 0 Å². The summed E-state index contributed by atoms with van der Waals surface area (Å²) in [5.74, 6) is -0.509. The molecule has 3 aliphatic heterocycles. The van der Waals surface area contributed by atoms with Crippen LogP contribution in [0.1, 0.15) is 40.2 Å². The lowest BCUT2D eigenvalue weighted by atomic mass is 9.94. The van der Waals surface area contributed by atoms with E-state index in [1.54, 1.807) is 6.07 Å². The minimum absolute atomic E-state index is 0.0252. The summed E-state index contributed by atoms with van der Waals surface area (Å²) in [6, 6.07) is 12.9. The van der Waals surface area contributed by atoms with Gasteiger partial charge in [-0.15, -0.1) is 11.6 Å². The number of anilines is 2. The van der Waals surface area contributed by atoms with Gasteiger partial charge in [-0.2, -0.15) is 11.3 Å². The molecule has 0 saturated heterocycles. The maximum Gasteiger partial charge on any atom is 0.416 e. The monoisotopic (exact) mass is 759 g/mol. The average molecular weight is 760 g/mol. The molecule has 4 heterocycles. The fourth-order valence-electron chi connectivity index (χ4n) is 7.36. The molecule has 12 nitrogen and oxygen atoms in total. The molecule has 3 aliphatic rings. The standard InChI is InChI=1S/C39H38ClN3O9S/c1-3-11-51-39(49)43-29-17-34(33(50-2)15-28(29)37(47)41-10-8-22(13-31(41)38(43)48)23-9-12-53-21-23)52-20-25(44)14-35(46)42-19-24(18-40)36-27-7-5-4-6-26(27)32(45)16-30(36)42/h3-9,12,15-17,21,24-25,31,38,44-45,48H,1,10-11,13-14,18-20H2,2H3/t24-,25+,31+,38?/m1/s1. The number of hydrogen-bond acceptors (Lipinski definition) is 10. The minimum atomic E-state index is -1.50. The molecule has 7 rings (SSSR count). The van der Waals surface area contributed by atoms with Gasteiger partial charge in [0.05, 0.1) is 42.6 Å². The van der Waals surface area contributed by atoms with Crippen molar-refractivity contribution in [2.24, 2.45) is 0 Å². The van der Waals surface area contributed by atoms with Gasteiger partial charge in [-0.25, -0.2) is 9.69 Å². The molecule has 0 spiro atoms. The Labute approximate surface area is 314 Å². The van der Waals surface area contributed by atoms with Crippen LogP contribution in [0.5, 0.6) is 17.2 Å². The molecule has 14 heteroatoms. The first-order chi connectivity index (χ1) is 25.6. The summed E-state index contributed by atoms with van der Waals surface area (Å²) in [5, 5.41) is 39.0. The Morgan fingerprint density at radius 3 is 2.64 bits per heavy atom. The summed E-state index contributed by atoms with van der Waals surface area (Å²) in [6.07, 6.45) is -0.383. The topological polar surface area (TPSA) is 149 Å². The van der Waals surface area contributed by atoms with Crippen molar-refractivity contribution in [1.82, 2.24) is 4.90 Å². The number of phenolic OH excluding ortho intramolecular Hbond substituents is 1. The van der Waals surface area contributed by atoms with E-state index in [0.29, 0.717) is 11.1 Å². The van der Waals surface area contributed by atoms with Crippen LogP contribution in [-0.4, -0.2) is 95.8 Å². The van der Waals surface area contributed by atoms with Gasteiger partial charge in [0.2, 0.25) is 5.91 Å². The molecule has 1 unspecified atom stereocenters. The van der Waals surface area contributed by atoms with Gasteiger partial charge in [0.25, 0.3) is 5.91 Å². The first-order valence-corrected chi connectivity index (χ1v) is 18.5. The van der Waals surface area contributed by atoms with Crippen molar-refractivity contribution in [3.8, 4) is 17.2 Å². The molecule has 3 aromatic carbocycles. The zero-order valence-electron chi connectivity index (χ0n) is 28.8. The highest BCUT2D eigenvalue weighted by Crippen LogP contribution is 2.46. The Morgan fingerprint density at radius 1 is 1.13 bits per heavy atom. The number of aliphatic hydroxyl groups excluding tert-OH is 2. The second kappa shape index (κ2) is 15.1. The highest BCUT2D eigenvalue weighted by Gasteiger charge is 2.45. The minimum Gasteiger partial charge on any atom is -0.507 e. The molecule has 0 bridgehead atoms. The predicted molar refractivity (Wildman–Crippen MR) is 202 cm³/mol. The van der Waals surface area contributed by atoms with Crippen LogP contribution in [0.4, 0.5) is 16.2 Å². The molecule has 0 fully saturated rings. The van der Waals surface area contributed by atoms with Crippen LogP contribution >= 0.6 is 22.9 Å². The molecule has 0 saturated carbocycles. The molecule has 3 amide bonds. The average Bonchev–Trinajstić information content (AvgIpc) is 3.83. The smallest absolute Gasteiger partial charge is 0.416 e. The van der Waals surface area contributed by atoms with Crippen molar-refractivity contribution in [3.63, 3.8) is 0 Å². The predicted octanol–water partition coefficient (Wildman–Crippen LogP) is 5.87. The summed E-state index contributed by atoms with van der Waals surface area (Å²) >= 11 is 7.87. The van der Waals surface area contributed by atoms with E-state index < -0.39 is 36.3 Å². The van der Waals surface area contributed by atoms with Crippen LogP contribution in [-0.2, 0) is 9.53 Å². The first-order valence-electron chi connectivity index (χ1n) is 17.1. The van der Waals surface area contributed by atoms with E-state index >= 15 is 0 Å². The fourth-order valence-corrected chi connectivity index (χ4v) is 8.29. The van der Waals surface area contributed by atoms with Gasteiger partial charge in [0.15, 0.2) is 17.7 Å². The number of carbonyl (C=O) groups excluding carboxylic acids is 3. The van der Waals surface area contributed by atoms with Crippen LogP contribution < -0.4 is 19.3 Å². The molecule has 53 heavy (non-hydrogen) atoms. The van der Waals surface area contributed by atoms with E-state index in [-0.39, 0.29) is 79.4 Å². The number of aromatic hydroxyl groups is 1. The lowest BCUT2D eigenvalue weighted by Gasteiger charge is -2.38. The third-order valence-electron chi connectivity index (χ3n) is 9.89. The quantitative estimate of drug-likeness (QED) is 0.133. The van der Waals surface area contributed by atoms with Crippen molar-refractivity contribution in [2.75, 3.05) is 49.1 Å².